The van der Waals surface area contributed by atoms with E-state index in [1.54, 1.807) is 0 Å². The van der Waals surface area contributed by atoms with E-state index >= 15 is 0 Å². The molecule has 1 unspecified atom stereocenters. The van der Waals surface area contributed by atoms with Gasteiger partial charge < -0.3 is 25.5 Å². The van der Waals surface area contributed by atoms with Crippen molar-refractivity contribution in [2.45, 2.75) is 5.78 Å². The molecule has 0 heterocycles. The maximum atomic E-state index is 10.6. The number of rotatable bonds is 3. The van der Waals surface area contributed by atoms with Crippen LogP contribution in [0.15, 0.2) is 0 Å². The summed E-state index contributed by atoms with van der Waals surface area (Å²) in [5, 5.41) is 15.2. The predicted octanol–water partition coefficient (Wildman–Crippen LogP) is -2.36. The molecule has 78 valence electrons. The molecular weight excluding hydrogens is 247 g/mol. The van der Waals surface area contributed by atoms with Gasteiger partial charge in [0, 0.05) is 66.2 Å². The normalized spacial score (nSPS) is 11.7. The van der Waals surface area contributed by atoms with E-state index in [9.17, 15) is 9.36 Å². The van der Waals surface area contributed by atoms with Crippen LogP contribution in [0.1, 0.15) is 0 Å². The van der Waals surface area contributed by atoms with E-state index in [0.717, 1.165) is 7.05 Å². The SMILES string of the molecule is CN(C(=N)N)C(C(=O)O)P(=O)(O)O.[Na].[Na]. The second-order valence-electron chi connectivity index (χ2n) is 2.30. The summed E-state index contributed by atoms with van der Waals surface area (Å²) in [6.07, 6.45) is 0. The van der Waals surface area contributed by atoms with E-state index in [0.29, 0.717) is 4.90 Å². The number of hydrogen-bond acceptors (Lipinski definition) is 3. The molecule has 15 heavy (non-hydrogen) atoms. The first kappa shape index (κ1) is 21.2. The fraction of sp³-hybridized carbons (Fsp3) is 0.500. The Morgan fingerprint density at radius 3 is 1.87 bits per heavy atom. The van der Waals surface area contributed by atoms with Crippen LogP contribution in [0.5, 0.6) is 0 Å². The van der Waals surface area contributed by atoms with Gasteiger partial charge in [0.2, 0.25) is 5.78 Å². The summed E-state index contributed by atoms with van der Waals surface area (Å²) in [5.74, 6) is -4.56. The third kappa shape index (κ3) is 6.93. The number of carboxylic acid groups (broad SMARTS) is 1. The topological polar surface area (TPSA) is 148 Å². The van der Waals surface area contributed by atoms with Gasteiger partial charge in [0.1, 0.15) is 0 Å². The molecule has 0 aliphatic carbocycles. The molecule has 0 aromatic rings. The van der Waals surface area contributed by atoms with Crippen molar-refractivity contribution in [1.29, 1.82) is 5.41 Å². The standard InChI is InChI=1S/C4H10N3O5P.2Na/c1-7(4(5)6)2(3(8)9)13(10,11)12;;/h2H,1H3,(H3,5,6)(H,8,9)(H2,10,11,12);;. The molecule has 0 saturated heterocycles. The Bertz CT molecular complexity index is 281. The second kappa shape index (κ2) is 8.05. The first-order valence-electron chi connectivity index (χ1n) is 3.02. The third-order valence-electron chi connectivity index (χ3n) is 1.29. The minimum atomic E-state index is -4.84. The fourth-order valence-corrected chi connectivity index (χ4v) is 1.53. The van der Waals surface area contributed by atoms with Gasteiger partial charge in [0.05, 0.1) is 0 Å². The first-order valence-corrected chi connectivity index (χ1v) is 4.71. The summed E-state index contributed by atoms with van der Waals surface area (Å²) >= 11 is 0. The maximum absolute atomic E-state index is 10.6. The Morgan fingerprint density at radius 1 is 1.47 bits per heavy atom. The summed E-state index contributed by atoms with van der Waals surface area (Å²) < 4.78 is 10.6. The number of nitrogens with one attached hydrogen (secondary N) is 1. The average Bonchev–Trinajstić information content (AvgIpc) is 1.82. The summed E-state index contributed by atoms with van der Waals surface area (Å²) in [5.41, 5.74) is 4.87. The van der Waals surface area contributed by atoms with Crippen molar-refractivity contribution in [3.63, 3.8) is 0 Å². The predicted molar refractivity (Wildman–Crippen MR) is 54.7 cm³/mol. The van der Waals surface area contributed by atoms with Gasteiger partial charge in [-0.05, 0) is 0 Å². The molecule has 0 bridgehead atoms. The number of nitrogens with zero attached hydrogens (tertiary/aromatic N) is 1. The first-order chi connectivity index (χ1) is 5.68. The molecule has 0 aromatic heterocycles. The van der Waals surface area contributed by atoms with Crippen LogP contribution in [-0.4, -0.2) is 104 Å². The number of carboxylic acids is 1. The molecule has 0 spiro atoms. The van der Waals surface area contributed by atoms with Crippen LogP contribution in [0.25, 0.3) is 0 Å². The minimum Gasteiger partial charge on any atom is -0.479 e. The van der Waals surface area contributed by atoms with Crippen LogP contribution in [0.4, 0.5) is 0 Å². The second-order valence-corrected chi connectivity index (χ2v) is 3.96. The Hall–Kier alpha value is 0.890. The zero-order valence-corrected chi connectivity index (χ0v) is 13.6. The molecule has 2 radical (unpaired) electrons. The van der Waals surface area contributed by atoms with Crippen LogP contribution in [0.3, 0.4) is 0 Å². The quantitative estimate of drug-likeness (QED) is 0.164. The Kier molecular flexibility index (Phi) is 11.4. The van der Waals surface area contributed by atoms with Crippen LogP contribution < -0.4 is 5.73 Å². The van der Waals surface area contributed by atoms with Gasteiger partial charge in [-0.3, -0.25) is 9.97 Å². The Labute approximate surface area is 130 Å². The van der Waals surface area contributed by atoms with Crippen molar-refractivity contribution in [3.8, 4) is 0 Å². The van der Waals surface area contributed by atoms with E-state index in [2.05, 4.69) is 0 Å². The molecule has 6 N–H and O–H groups in total. The smallest absolute Gasteiger partial charge is 0.359 e. The molecule has 11 heteroatoms. The number of hydrogen-bond donors (Lipinski definition) is 5. The fourth-order valence-electron chi connectivity index (χ4n) is 0.667. The molecular formula is C4H10N3Na2O5P. The Morgan fingerprint density at radius 2 is 1.80 bits per heavy atom. The third-order valence-corrected chi connectivity index (χ3v) is 2.49. The van der Waals surface area contributed by atoms with Crippen LogP contribution in [0, 0.1) is 5.41 Å². The molecule has 1 atom stereocenters. The van der Waals surface area contributed by atoms with Crippen molar-refractivity contribution in [3.05, 3.63) is 0 Å². The van der Waals surface area contributed by atoms with E-state index in [-0.39, 0.29) is 59.1 Å². The number of likely N-dealkylation sites (N-methyl/N-ethyl adjacent to an activating group) is 1. The number of nitrogens with two attached hydrogens (primary N) is 1. The summed E-state index contributed by atoms with van der Waals surface area (Å²) in [7, 11) is -3.82. The molecule has 0 rings (SSSR count). The minimum absolute atomic E-state index is 0. The average molecular weight is 257 g/mol. The summed E-state index contributed by atoms with van der Waals surface area (Å²) in [6, 6.07) is 0. The van der Waals surface area contributed by atoms with Crippen molar-refractivity contribution >= 4 is 78.6 Å². The largest absolute Gasteiger partial charge is 0.479 e. The molecule has 0 aromatic carbocycles. The van der Waals surface area contributed by atoms with Crippen molar-refractivity contribution in [1.82, 2.24) is 4.90 Å². The molecule has 8 nitrogen and oxygen atoms in total. The zero-order valence-electron chi connectivity index (χ0n) is 8.71. The molecule has 0 saturated carbocycles. The summed E-state index contributed by atoms with van der Waals surface area (Å²) in [4.78, 5) is 28.1. The van der Waals surface area contributed by atoms with E-state index in [4.69, 9.17) is 26.0 Å². The summed E-state index contributed by atoms with van der Waals surface area (Å²) in [6.45, 7) is 0. The van der Waals surface area contributed by atoms with E-state index in [1.807, 2.05) is 0 Å². The zero-order chi connectivity index (χ0) is 10.8. The maximum Gasteiger partial charge on any atom is 0.359 e. The van der Waals surface area contributed by atoms with Gasteiger partial charge >= 0.3 is 13.6 Å². The van der Waals surface area contributed by atoms with E-state index in [1.165, 1.54) is 0 Å². The van der Waals surface area contributed by atoms with Gasteiger partial charge in [0.15, 0.2) is 5.96 Å². The Balaban J connectivity index is -0.000000720. The molecule has 0 amide bonds. The monoisotopic (exact) mass is 257 g/mol. The number of aliphatic carboxylic acids is 1. The van der Waals surface area contributed by atoms with Gasteiger partial charge in [-0.1, -0.05) is 0 Å². The van der Waals surface area contributed by atoms with Gasteiger partial charge in [-0.25, -0.2) is 4.79 Å². The van der Waals surface area contributed by atoms with Crippen LogP contribution in [0.2, 0.25) is 0 Å². The molecule has 0 fully saturated rings. The number of carbonyl (C=O) groups is 1. The van der Waals surface area contributed by atoms with Gasteiger partial charge in [-0.2, -0.15) is 0 Å². The molecule has 0 aliphatic heterocycles. The van der Waals surface area contributed by atoms with Crippen LogP contribution >= 0.6 is 7.60 Å². The van der Waals surface area contributed by atoms with Crippen molar-refractivity contribution in [2.75, 3.05) is 7.05 Å². The van der Waals surface area contributed by atoms with Crippen LogP contribution in [-0.2, 0) is 9.36 Å². The molecule has 0 aliphatic rings. The van der Waals surface area contributed by atoms with E-state index < -0.39 is 25.3 Å². The van der Waals surface area contributed by atoms with Crippen molar-refractivity contribution < 1.29 is 24.3 Å². The van der Waals surface area contributed by atoms with Crippen molar-refractivity contribution in [2.24, 2.45) is 5.73 Å². The van der Waals surface area contributed by atoms with Gasteiger partial charge in [0.25, 0.3) is 0 Å². The van der Waals surface area contributed by atoms with Gasteiger partial charge in [-0.15, -0.1) is 0 Å². The number of guanidine groups is 1.